The third kappa shape index (κ3) is 6.65. The quantitative estimate of drug-likeness (QED) is 0.233. The molecule has 4 aromatic rings. The summed E-state index contributed by atoms with van der Waals surface area (Å²) in [5.74, 6) is 0.602. The number of urea groups is 1. The molecule has 38 heavy (non-hydrogen) atoms. The number of aliphatic hydroxyl groups excluding tert-OH is 1. The topological polar surface area (TPSA) is 113 Å². The molecule has 0 atom stereocenters. The maximum absolute atomic E-state index is 14.8. The lowest BCUT2D eigenvalue weighted by Gasteiger charge is -2.14. The van der Waals surface area contributed by atoms with Crippen LogP contribution in [0.3, 0.4) is 0 Å². The van der Waals surface area contributed by atoms with Gasteiger partial charge >= 0.3 is 6.03 Å². The van der Waals surface area contributed by atoms with Gasteiger partial charge in [-0.25, -0.2) is 13.9 Å². The molecule has 0 unspecified atom stereocenters. The summed E-state index contributed by atoms with van der Waals surface area (Å²) in [6.07, 6.45) is 1.61. The molecule has 2 aromatic carbocycles. The van der Waals surface area contributed by atoms with E-state index in [1.165, 1.54) is 12.1 Å². The van der Waals surface area contributed by atoms with Gasteiger partial charge in [-0.15, -0.1) is 0 Å². The van der Waals surface area contributed by atoms with Crippen molar-refractivity contribution < 1.29 is 19.0 Å². The number of anilines is 3. The zero-order valence-electron chi connectivity index (χ0n) is 21.7. The van der Waals surface area contributed by atoms with Crippen LogP contribution in [0.5, 0.6) is 11.5 Å². The minimum atomic E-state index is -0.644. The molecule has 9 nitrogen and oxygen atoms in total. The van der Waals surface area contributed by atoms with E-state index in [0.717, 1.165) is 17.1 Å². The largest absolute Gasteiger partial charge is 0.457 e. The predicted octanol–water partition coefficient (Wildman–Crippen LogP) is 5.85. The second-order valence-corrected chi connectivity index (χ2v) is 9.73. The molecule has 4 N–H and O–H groups in total. The van der Waals surface area contributed by atoms with Crippen molar-refractivity contribution in [1.29, 1.82) is 0 Å². The van der Waals surface area contributed by atoms with Gasteiger partial charge in [0.1, 0.15) is 23.1 Å². The smallest absolute Gasteiger partial charge is 0.324 e. The number of rotatable bonds is 8. The fourth-order valence-corrected chi connectivity index (χ4v) is 3.63. The van der Waals surface area contributed by atoms with Crippen molar-refractivity contribution in [2.75, 3.05) is 29.1 Å². The van der Waals surface area contributed by atoms with Gasteiger partial charge in [-0.1, -0.05) is 26.8 Å². The van der Waals surface area contributed by atoms with Crippen LogP contribution in [-0.2, 0) is 5.41 Å². The standard InChI is InChI=1S/C28H31FN6O3/c1-18-14-22(10-11-30-18)38-21-8-9-24(23(29)16-21)32-27(37)33-26-17-25(28(2,3)4)34-35(26)20-7-5-6-19(15-20)31-12-13-36/h5-11,14-17,31,36H,12-13H2,1-4H3,(H2,32,33,37). The summed E-state index contributed by atoms with van der Waals surface area (Å²) in [5, 5.41) is 22.3. The highest BCUT2D eigenvalue weighted by molar-refractivity contribution is 5.99. The molecule has 0 saturated carbocycles. The van der Waals surface area contributed by atoms with Crippen LogP contribution < -0.4 is 20.7 Å². The molecular weight excluding hydrogens is 487 g/mol. The van der Waals surface area contributed by atoms with E-state index >= 15 is 0 Å². The number of carbonyl (C=O) groups excluding carboxylic acids is 1. The first-order valence-electron chi connectivity index (χ1n) is 12.2. The van der Waals surface area contributed by atoms with Crippen LogP contribution in [0.15, 0.2) is 66.9 Å². The van der Waals surface area contributed by atoms with Gasteiger partial charge in [0.05, 0.1) is 23.7 Å². The van der Waals surface area contributed by atoms with E-state index in [9.17, 15) is 9.18 Å². The molecule has 0 bridgehead atoms. The molecule has 4 rings (SSSR count). The first-order chi connectivity index (χ1) is 18.1. The number of amides is 2. The summed E-state index contributed by atoms with van der Waals surface area (Å²) in [5.41, 5.74) is 2.77. The number of pyridine rings is 1. The Morgan fingerprint density at radius 2 is 1.84 bits per heavy atom. The number of hydrogen-bond acceptors (Lipinski definition) is 6. The number of carbonyl (C=O) groups is 1. The number of aryl methyl sites for hydroxylation is 1. The lowest BCUT2D eigenvalue weighted by molar-refractivity contribution is 0.262. The Morgan fingerprint density at radius 1 is 1.05 bits per heavy atom. The molecule has 0 aliphatic carbocycles. The summed E-state index contributed by atoms with van der Waals surface area (Å²) < 4.78 is 22.1. The first-order valence-corrected chi connectivity index (χ1v) is 12.2. The molecule has 0 spiro atoms. The Morgan fingerprint density at radius 3 is 2.55 bits per heavy atom. The number of nitrogens with zero attached hydrogens (tertiary/aromatic N) is 3. The van der Waals surface area contributed by atoms with Crippen LogP contribution in [-0.4, -0.2) is 39.1 Å². The average molecular weight is 519 g/mol. The second-order valence-electron chi connectivity index (χ2n) is 9.73. The van der Waals surface area contributed by atoms with Gasteiger partial charge in [0.15, 0.2) is 0 Å². The second kappa shape index (κ2) is 11.3. The van der Waals surface area contributed by atoms with E-state index in [1.807, 2.05) is 52.0 Å². The lowest BCUT2D eigenvalue weighted by atomic mass is 9.92. The minimum absolute atomic E-state index is 0.000215. The molecule has 0 saturated heterocycles. The summed E-state index contributed by atoms with van der Waals surface area (Å²) >= 11 is 0. The number of benzene rings is 2. The zero-order chi connectivity index (χ0) is 27.3. The molecule has 2 amide bonds. The van der Waals surface area contributed by atoms with E-state index in [0.29, 0.717) is 29.5 Å². The van der Waals surface area contributed by atoms with Crippen LogP contribution in [0.25, 0.3) is 5.69 Å². The molecule has 0 fully saturated rings. The van der Waals surface area contributed by atoms with Crippen LogP contribution in [0, 0.1) is 12.7 Å². The average Bonchev–Trinajstić information content (AvgIpc) is 3.29. The third-order valence-electron chi connectivity index (χ3n) is 5.54. The van der Waals surface area contributed by atoms with Crippen molar-refractivity contribution in [3.8, 4) is 17.2 Å². The van der Waals surface area contributed by atoms with E-state index in [-0.39, 0.29) is 17.7 Å². The maximum Gasteiger partial charge on any atom is 0.324 e. The van der Waals surface area contributed by atoms with E-state index < -0.39 is 11.8 Å². The van der Waals surface area contributed by atoms with E-state index in [4.69, 9.17) is 14.9 Å². The van der Waals surface area contributed by atoms with Crippen molar-refractivity contribution >= 4 is 23.2 Å². The molecule has 0 radical (unpaired) electrons. The van der Waals surface area contributed by atoms with Crippen molar-refractivity contribution in [1.82, 2.24) is 14.8 Å². The van der Waals surface area contributed by atoms with E-state index in [2.05, 4.69) is 20.9 Å². The van der Waals surface area contributed by atoms with Crippen molar-refractivity contribution in [2.45, 2.75) is 33.1 Å². The molecule has 198 valence electrons. The number of aliphatic hydroxyl groups is 1. The third-order valence-corrected chi connectivity index (χ3v) is 5.54. The SMILES string of the molecule is Cc1cc(Oc2ccc(NC(=O)Nc3cc(C(C)(C)C)nn3-c3cccc(NCCO)c3)c(F)c2)ccn1. The van der Waals surface area contributed by atoms with Crippen LogP contribution in [0.4, 0.5) is 26.4 Å². The van der Waals surface area contributed by atoms with Crippen LogP contribution >= 0.6 is 0 Å². The predicted molar refractivity (Wildman–Crippen MR) is 146 cm³/mol. The number of halogens is 1. The molecule has 10 heteroatoms. The molecule has 2 aromatic heterocycles. The Kier molecular flexibility index (Phi) is 7.92. The molecular formula is C28H31FN6O3. The van der Waals surface area contributed by atoms with Crippen molar-refractivity contribution in [3.63, 3.8) is 0 Å². The lowest BCUT2D eigenvalue weighted by Crippen LogP contribution is -2.22. The van der Waals surface area contributed by atoms with Crippen LogP contribution in [0.2, 0.25) is 0 Å². The first kappa shape index (κ1) is 26.6. The van der Waals surface area contributed by atoms with E-state index in [1.54, 1.807) is 35.1 Å². The van der Waals surface area contributed by atoms with Gasteiger partial charge < -0.3 is 20.5 Å². The number of aromatic nitrogens is 3. The maximum atomic E-state index is 14.8. The summed E-state index contributed by atoms with van der Waals surface area (Å²) in [7, 11) is 0. The highest BCUT2D eigenvalue weighted by atomic mass is 19.1. The Labute approximate surface area is 220 Å². The van der Waals surface area contributed by atoms with Gasteiger partial charge in [0.25, 0.3) is 0 Å². The number of ether oxygens (including phenoxy) is 1. The highest BCUT2D eigenvalue weighted by Gasteiger charge is 2.22. The summed E-state index contributed by atoms with van der Waals surface area (Å²) in [6.45, 7) is 8.31. The van der Waals surface area contributed by atoms with Gasteiger partial charge in [-0.3, -0.25) is 10.3 Å². The summed E-state index contributed by atoms with van der Waals surface area (Å²) in [4.78, 5) is 17.0. The van der Waals surface area contributed by atoms with Gasteiger partial charge in [-0.2, -0.15) is 5.10 Å². The number of nitrogens with one attached hydrogen (secondary N) is 3. The molecule has 0 aliphatic heterocycles. The van der Waals surface area contributed by atoms with Crippen LogP contribution in [0.1, 0.15) is 32.2 Å². The monoisotopic (exact) mass is 518 g/mol. The molecule has 2 heterocycles. The zero-order valence-corrected chi connectivity index (χ0v) is 21.7. The molecule has 0 aliphatic rings. The minimum Gasteiger partial charge on any atom is -0.457 e. The van der Waals surface area contributed by atoms with Crippen molar-refractivity contribution in [3.05, 3.63) is 84.1 Å². The normalized spacial score (nSPS) is 11.2. The van der Waals surface area contributed by atoms with Gasteiger partial charge in [0, 0.05) is 47.7 Å². The fourth-order valence-electron chi connectivity index (χ4n) is 3.63. The Balaban J connectivity index is 1.53. The highest BCUT2D eigenvalue weighted by Crippen LogP contribution is 2.28. The van der Waals surface area contributed by atoms with Gasteiger partial charge in [-0.05, 0) is 43.3 Å². The van der Waals surface area contributed by atoms with Crippen molar-refractivity contribution in [2.24, 2.45) is 0 Å². The Hall–Kier alpha value is -4.44. The summed E-state index contributed by atoms with van der Waals surface area (Å²) in [6, 6.07) is 16.2. The van der Waals surface area contributed by atoms with Gasteiger partial charge in [0.2, 0.25) is 0 Å². The fraction of sp³-hybridized carbons (Fsp3) is 0.250. The Bertz CT molecular complexity index is 1430. The number of hydrogen-bond donors (Lipinski definition) is 4.